The molecule has 0 aliphatic carbocycles. The van der Waals surface area contributed by atoms with Crippen molar-refractivity contribution in [2.24, 2.45) is 40.7 Å². The molecule has 14 atom stereocenters. The van der Waals surface area contributed by atoms with Crippen molar-refractivity contribution < 1.29 is 108 Å². The van der Waals surface area contributed by atoms with Gasteiger partial charge in [0.05, 0.1) is 43.7 Å². The molecule has 2 aromatic carbocycles. The summed E-state index contributed by atoms with van der Waals surface area (Å²) in [6, 6.07) is -6.33. The Morgan fingerprint density at radius 3 is 1.81 bits per heavy atom. The predicted molar refractivity (Wildman–Crippen MR) is 446 cm³/mol. The second kappa shape index (κ2) is 52.6. The summed E-state index contributed by atoms with van der Waals surface area (Å²) in [6.45, 7) is 10.9. The summed E-state index contributed by atoms with van der Waals surface area (Å²) < 4.78 is 48.4. The van der Waals surface area contributed by atoms with Crippen molar-refractivity contribution in [2.45, 2.75) is 229 Å². The monoisotopic (exact) mass is 1770 g/mol. The molecule has 3 rings (SSSR count). The van der Waals surface area contributed by atoms with Gasteiger partial charge in [-0.25, -0.2) is 0 Å². The number of guanidine groups is 2. The summed E-state index contributed by atoms with van der Waals surface area (Å²) in [5.74, 6) is -20.5. The number of ether oxygens (including phenoxy) is 2. The van der Waals surface area contributed by atoms with E-state index in [0.717, 1.165) is 26.2 Å². The summed E-state index contributed by atoms with van der Waals surface area (Å²) in [7, 11) is -4.16. The molecular weight excluding hydrogens is 1650 g/mol. The number of hydrogen-bond acceptors (Lipinski definition) is 23. The number of rotatable bonds is 44. The maximum absolute atomic E-state index is 15.1. The van der Waals surface area contributed by atoms with Crippen molar-refractivity contribution in [2.75, 3.05) is 46.5 Å². The van der Waals surface area contributed by atoms with Crippen LogP contribution >= 0.6 is 0 Å². The Hall–Kier alpha value is -12.7. The number of carboxylic acids is 1. The van der Waals surface area contributed by atoms with Crippen molar-refractivity contribution in [1.82, 2.24) is 85.1 Å². The van der Waals surface area contributed by atoms with Crippen LogP contribution in [0.2, 0.25) is 0 Å². The number of amides is 16. The third-order valence-corrected chi connectivity index (χ3v) is 20.5. The molecule has 0 spiro atoms. The van der Waals surface area contributed by atoms with E-state index in [1.165, 1.54) is 19.9 Å². The van der Waals surface area contributed by atoms with Gasteiger partial charge in [-0.3, -0.25) is 92.3 Å². The highest BCUT2D eigenvalue weighted by Gasteiger charge is 2.42. The quantitative estimate of drug-likeness (QED) is 0.00975. The van der Waals surface area contributed by atoms with Gasteiger partial charge >= 0.3 is 16.2 Å². The average Bonchev–Trinajstić information content (AvgIpc) is 0.832. The van der Waals surface area contributed by atoms with Gasteiger partial charge in [-0.15, -0.1) is 3.89 Å². The summed E-state index contributed by atoms with van der Waals surface area (Å²) >= 11 is 0. The van der Waals surface area contributed by atoms with Crippen molar-refractivity contribution in [3.63, 3.8) is 0 Å². The van der Waals surface area contributed by atoms with Crippen molar-refractivity contribution in [1.29, 1.82) is 10.8 Å². The minimum Gasteiger partial charge on any atom is -0.496 e. The van der Waals surface area contributed by atoms with E-state index in [2.05, 4.69) is 85.1 Å². The molecule has 0 bridgehead atoms. The second-order valence-electron chi connectivity index (χ2n) is 30.4. The third-order valence-electron chi connectivity index (χ3n) is 19.7. The van der Waals surface area contributed by atoms with Gasteiger partial charge in [0, 0.05) is 39.4 Å². The maximum atomic E-state index is 15.1. The molecule has 16 amide bonds. The first-order valence-electron chi connectivity index (χ1n) is 40.3. The molecule has 44 nitrogen and oxygen atoms in total. The van der Waals surface area contributed by atoms with E-state index in [-0.39, 0.29) is 96.1 Å². The lowest BCUT2D eigenvalue weighted by atomic mass is 9.90. The van der Waals surface area contributed by atoms with Gasteiger partial charge in [-0.1, -0.05) is 96.9 Å². The number of methoxy groups -OCH3 is 1. The van der Waals surface area contributed by atoms with Crippen LogP contribution in [-0.4, -0.2) is 244 Å². The lowest BCUT2D eigenvalue weighted by Crippen LogP contribution is -2.64. The largest absolute Gasteiger partial charge is 0.496 e. The Bertz CT molecular complexity index is 4260. The Morgan fingerprint density at radius 1 is 0.653 bits per heavy atom. The van der Waals surface area contributed by atoms with E-state index >= 15 is 4.79 Å². The molecule has 2 aromatic rings. The smallest absolute Gasteiger partial charge is 0.332 e. The Kier molecular flexibility index (Phi) is 44.8. The fourth-order valence-electron chi connectivity index (χ4n) is 12.4. The number of aliphatic carboxylic acids is 1. The number of halogens is 1. The number of hydrogen-bond donors (Lipinski definition) is 23. The molecule has 1 aliphatic rings. The van der Waals surface area contributed by atoms with Crippen molar-refractivity contribution in [3.05, 3.63) is 71.8 Å². The number of carbonyl (C=O) groups excluding carboxylic acids is 16. The van der Waals surface area contributed by atoms with Crippen LogP contribution in [-0.2, 0) is 98.1 Å². The summed E-state index contributed by atoms with van der Waals surface area (Å²) in [4.78, 5) is 234. The number of primary amides is 2. The topological polar surface area (TPSA) is 707 Å². The molecule has 0 saturated heterocycles. The van der Waals surface area contributed by atoms with Crippen LogP contribution in [0.25, 0.3) is 0 Å². The minimum atomic E-state index is -5.30. The molecule has 0 radical (unpaired) electrons. The highest BCUT2D eigenvalue weighted by atomic mass is 32.3. The number of benzene rings is 2. The summed E-state index contributed by atoms with van der Waals surface area (Å²) in [5, 5.41) is 65.2. The fraction of sp³-hybridized carbons (Fsp3) is 0.577. The van der Waals surface area contributed by atoms with Gasteiger partial charge in [-0.05, 0) is 113 Å². The molecule has 0 aromatic heterocycles. The lowest BCUT2D eigenvalue weighted by Gasteiger charge is -2.34. The molecule has 0 unspecified atom stereocenters. The van der Waals surface area contributed by atoms with Gasteiger partial charge < -0.3 is 123 Å². The van der Waals surface area contributed by atoms with E-state index in [9.17, 15) is 94.1 Å². The third kappa shape index (κ3) is 37.8. The number of carbonyl (C=O) groups is 17. The van der Waals surface area contributed by atoms with Crippen LogP contribution in [0.3, 0.4) is 0 Å². The standard InChI is InChI=1S/C78H121FN22O22S/c1-11-42(5)61(73(117)89-39-59(104)92-54(37-60(105)106)69(113)93-49(24-20-31-86-76(82)83)66(110)96-52(63(81)107)35-46-22-16-15-17-23-46)100-75(119)78(9)30-18-13-14-19-33-123-40-56(71(115)95-51(27-29-58(80)103)67(111)97-53(34-41(3)4)68(112)94-50(72(116)101-78)25-21-32-87-77(84)85)98-64(108)44(7)90-74(118)62(43(6)12-2)99-70(114)55(91-45(8)102)38-88-65(109)48-36-47(124(79,120)121)26-28-57(48)122-10/h14-17,19,22-23,26,28,36,41-44,49-56,61-62H,11-13,18,20-21,24-25,27,29-35,37-40H2,1-10H3,(H2,80,103)(H2,81,107)(H,88,109)(H,89,117)(H,90,118)(H,91,102)(H,92,104)(H,93,113)(H,94,112)(H,95,115)(H,96,110)(H,97,111)(H,98,108)(H,99,114)(H,100,119)(H,101,116)(H,105,106)(H4,82,83,86)(H4,84,85,87)/b19-14-/t42-,43-,44-,49-,50-,51-,52-,53-,54-,55-,56-,61-,62-,78-/m0/s1. The van der Waals surface area contributed by atoms with Crippen LogP contribution in [0.1, 0.15) is 162 Å². The summed E-state index contributed by atoms with van der Waals surface area (Å²) in [6.07, 6.45) is 0.908. The molecule has 1 aliphatic heterocycles. The molecule has 0 saturated carbocycles. The zero-order chi connectivity index (χ0) is 93.3. The highest BCUT2D eigenvalue weighted by Crippen LogP contribution is 2.25. The van der Waals surface area contributed by atoms with Crippen LogP contribution in [0, 0.1) is 28.6 Å². The van der Waals surface area contributed by atoms with Gasteiger partial charge in [0.15, 0.2) is 11.9 Å². The van der Waals surface area contributed by atoms with E-state index in [0.29, 0.717) is 11.6 Å². The summed E-state index contributed by atoms with van der Waals surface area (Å²) in [5.41, 5.74) is 20.3. The molecule has 688 valence electrons. The first-order valence-corrected chi connectivity index (χ1v) is 41.7. The Morgan fingerprint density at radius 2 is 1.23 bits per heavy atom. The Balaban J connectivity index is 2.04. The minimum absolute atomic E-state index is 0.0204. The fourth-order valence-corrected chi connectivity index (χ4v) is 12.9. The number of nitrogens with two attached hydrogens (primary N) is 4. The molecular formula is C78H121FN22O22S. The van der Waals surface area contributed by atoms with Gasteiger partial charge in [0.2, 0.25) is 88.6 Å². The SMILES string of the molecule is CC[C@H](C)[C@H](NC(=O)[C@H](CNC(=O)c1cc(S(=O)(=O)F)ccc1OC)NC(C)=O)C(=O)N[C@@H](C)C(=O)N[C@H]1COC/C=C\CCC[C@@](C)(C(=O)N[C@H](C(=O)NCC(=O)N[C@@H](CC(=O)O)C(=O)N[C@@H](CCCNC(=N)N)C(=O)N[C@@H](Cc2ccccc2)C(N)=O)[C@@H](C)CC)NC(=O)[C@H](CCCNC(=N)N)NC(=O)[C@H](CC(C)C)NC(=O)[C@H](CCC(N)=O)NC1=O. The van der Waals surface area contributed by atoms with Crippen LogP contribution in [0.15, 0.2) is 65.6 Å². The molecule has 0 fully saturated rings. The molecule has 46 heteroatoms. The normalized spacial score (nSPS) is 19.2. The van der Waals surface area contributed by atoms with Gasteiger partial charge in [-0.2, -0.15) is 8.42 Å². The van der Waals surface area contributed by atoms with Crippen LogP contribution in [0.5, 0.6) is 5.75 Å². The van der Waals surface area contributed by atoms with E-state index < -0.39 is 262 Å². The molecule has 124 heavy (non-hydrogen) atoms. The maximum Gasteiger partial charge on any atom is 0.332 e. The van der Waals surface area contributed by atoms with Crippen molar-refractivity contribution >= 4 is 123 Å². The van der Waals surface area contributed by atoms with Crippen molar-refractivity contribution in [3.8, 4) is 5.75 Å². The number of nitrogens with one attached hydrogen (secondary N) is 18. The van der Waals surface area contributed by atoms with Gasteiger partial charge in [0.1, 0.15) is 77.7 Å². The van der Waals surface area contributed by atoms with E-state index in [4.69, 9.17) is 43.2 Å². The second-order valence-corrected chi connectivity index (χ2v) is 31.8. The number of carboxylic acid groups (broad SMARTS) is 1. The van der Waals surface area contributed by atoms with Crippen LogP contribution < -0.4 is 113 Å². The molecule has 27 N–H and O–H groups in total. The zero-order valence-corrected chi connectivity index (χ0v) is 71.9. The number of allylic oxidation sites excluding steroid dienone is 1. The highest BCUT2D eigenvalue weighted by molar-refractivity contribution is 7.86. The lowest BCUT2D eigenvalue weighted by molar-refractivity contribution is -0.141. The Labute approximate surface area is 717 Å². The van der Waals surface area contributed by atoms with Crippen LogP contribution in [0.4, 0.5) is 3.89 Å². The van der Waals surface area contributed by atoms with E-state index in [1.54, 1.807) is 78.0 Å². The van der Waals surface area contributed by atoms with Gasteiger partial charge in [0.25, 0.3) is 5.91 Å². The predicted octanol–water partition coefficient (Wildman–Crippen LogP) is -4.66. The first kappa shape index (κ1) is 106. The first-order chi connectivity index (χ1) is 58.2. The van der Waals surface area contributed by atoms with E-state index in [1.807, 2.05) is 0 Å². The molecule has 1 heterocycles. The average molecular weight is 1770 g/mol. The zero-order valence-electron chi connectivity index (χ0n) is 71.1.